The number of thiazole rings is 1. The lowest BCUT2D eigenvalue weighted by Crippen LogP contribution is -2.13. The fourth-order valence-corrected chi connectivity index (χ4v) is 2.39. The van der Waals surface area contributed by atoms with E-state index in [1.165, 1.54) is 11.1 Å². The second-order valence-electron chi connectivity index (χ2n) is 4.17. The summed E-state index contributed by atoms with van der Waals surface area (Å²) in [4.78, 5) is 4.64. The summed E-state index contributed by atoms with van der Waals surface area (Å²) in [5.41, 5.74) is 3.57. The van der Waals surface area contributed by atoms with E-state index in [1.807, 2.05) is 0 Å². The number of aryl methyl sites for hydroxylation is 1. The molecular weight excluding hydrogens is 228 g/mol. The van der Waals surface area contributed by atoms with Gasteiger partial charge in [-0.05, 0) is 19.9 Å². The number of nitrogens with zero attached hydrogens (tertiary/aromatic N) is 1. The molecule has 1 aromatic heterocycles. The van der Waals surface area contributed by atoms with Gasteiger partial charge in [0.1, 0.15) is 5.01 Å². The Bertz CT molecular complexity index is 459. The molecule has 0 aliphatic rings. The minimum Gasteiger partial charge on any atom is -0.310 e. The van der Waals surface area contributed by atoms with Crippen molar-refractivity contribution in [3.05, 3.63) is 40.2 Å². The van der Waals surface area contributed by atoms with Gasteiger partial charge < -0.3 is 5.32 Å². The highest BCUT2D eigenvalue weighted by molar-refractivity contribution is 7.09. The molecule has 1 aromatic carbocycles. The van der Waals surface area contributed by atoms with Crippen LogP contribution in [0.3, 0.4) is 0 Å². The minimum atomic E-state index is 0.879. The van der Waals surface area contributed by atoms with Gasteiger partial charge in [0.15, 0.2) is 0 Å². The lowest BCUT2D eigenvalue weighted by molar-refractivity contribution is 0.673. The zero-order chi connectivity index (χ0) is 12.1. The Morgan fingerprint density at radius 3 is 2.71 bits per heavy atom. The van der Waals surface area contributed by atoms with Crippen molar-refractivity contribution in [3.8, 4) is 11.3 Å². The molecule has 0 unspecified atom stereocenters. The summed E-state index contributed by atoms with van der Waals surface area (Å²) in [5, 5.41) is 6.67. The topological polar surface area (TPSA) is 24.9 Å². The molecule has 0 saturated heterocycles. The standard InChI is InChI=1S/C14H18N2S/c1-3-8-15-9-14-16-13(10-17-14)12-6-4-11(2)5-7-12/h4-7,10,15H,3,8-9H2,1-2H3. The molecule has 1 N–H and O–H groups in total. The lowest BCUT2D eigenvalue weighted by Gasteiger charge is -1.99. The third kappa shape index (κ3) is 3.38. The van der Waals surface area contributed by atoms with Crippen molar-refractivity contribution in [3.63, 3.8) is 0 Å². The number of hydrogen-bond donors (Lipinski definition) is 1. The van der Waals surface area contributed by atoms with Crippen LogP contribution in [0.15, 0.2) is 29.6 Å². The third-order valence-corrected chi connectivity index (χ3v) is 3.45. The van der Waals surface area contributed by atoms with Crippen molar-refractivity contribution in [1.82, 2.24) is 10.3 Å². The Labute approximate surface area is 107 Å². The molecule has 3 heteroatoms. The molecule has 0 radical (unpaired) electrons. The largest absolute Gasteiger partial charge is 0.310 e. The second kappa shape index (κ2) is 5.94. The molecule has 0 spiro atoms. The number of rotatable bonds is 5. The van der Waals surface area contributed by atoms with Crippen molar-refractivity contribution in [1.29, 1.82) is 0 Å². The fraction of sp³-hybridized carbons (Fsp3) is 0.357. The maximum absolute atomic E-state index is 4.64. The minimum absolute atomic E-state index is 0.879. The SMILES string of the molecule is CCCNCc1nc(-c2ccc(C)cc2)cs1. The zero-order valence-electron chi connectivity index (χ0n) is 10.4. The van der Waals surface area contributed by atoms with Crippen molar-refractivity contribution in [2.45, 2.75) is 26.8 Å². The fourth-order valence-electron chi connectivity index (χ4n) is 1.62. The van der Waals surface area contributed by atoms with Gasteiger partial charge in [0, 0.05) is 17.5 Å². The van der Waals surface area contributed by atoms with E-state index in [9.17, 15) is 0 Å². The molecule has 0 fully saturated rings. The zero-order valence-corrected chi connectivity index (χ0v) is 11.2. The van der Waals surface area contributed by atoms with E-state index >= 15 is 0 Å². The number of hydrogen-bond acceptors (Lipinski definition) is 3. The van der Waals surface area contributed by atoms with E-state index in [4.69, 9.17) is 0 Å². The van der Waals surface area contributed by atoms with Crippen LogP contribution in [0.5, 0.6) is 0 Å². The average Bonchev–Trinajstić information content (AvgIpc) is 2.79. The van der Waals surface area contributed by atoms with Gasteiger partial charge in [-0.1, -0.05) is 36.8 Å². The molecule has 2 rings (SSSR count). The van der Waals surface area contributed by atoms with Gasteiger partial charge in [0.05, 0.1) is 5.69 Å². The summed E-state index contributed by atoms with van der Waals surface area (Å²) in [6.07, 6.45) is 1.16. The molecule has 0 amide bonds. The van der Waals surface area contributed by atoms with E-state index in [0.29, 0.717) is 0 Å². The van der Waals surface area contributed by atoms with Gasteiger partial charge in [0.25, 0.3) is 0 Å². The Balaban J connectivity index is 2.04. The van der Waals surface area contributed by atoms with E-state index in [0.717, 1.165) is 30.2 Å². The predicted molar refractivity (Wildman–Crippen MR) is 74.3 cm³/mol. The van der Waals surface area contributed by atoms with Gasteiger partial charge in [-0.25, -0.2) is 4.98 Å². The first-order chi connectivity index (χ1) is 8.29. The number of nitrogens with one attached hydrogen (secondary N) is 1. The lowest BCUT2D eigenvalue weighted by atomic mass is 10.1. The smallest absolute Gasteiger partial charge is 0.107 e. The highest BCUT2D eigenvalue weighted by atomic mass is 32.1. The van der Waals surface area contributed by atoms with Crippen molar-refractivity contribution in [2.75, 3.05) is 6.54 Å². The van der Waals surface area contributed by atoms with E-state index in [2.05, 4.69) is 53.8 Å². The van der Waals surface area contributed by atoms with Crippen molar-refractivity contribution >= 4 is 11.3 Å². The van der Waals surface area contributed by atoms with Crippen LogP contribution < -0.4 is 5.32 Å². The normalized spacial score (nSPS) is 10.7. The van der Waals surface area contributed by atoms with E-state index in [1.54, 1.807) is 11.3 Å². The Morgan fingerprint density at radius 1 is 1.24 bits per heavy atom. The van der Waals surface area contributed by atoms with Gasteiger partial charge in [-0.2, -0.15) is 0 Å². The summed E-state index contributed by atoms with van der Waals surface area (Å²) in [6, 6.07) is 8.52. The maximum atomic E-state index is 4.64. The number of aromatic nitrogens is 1. The molecule has 0 saturated carbocycles. The monoisotopic (exact) mass is 246 g/mol. The highest BCUT2D eigenvalue weighted by Crippen LogP contribution is 2.22. The van der Waals surface area contributed by atoms with E-state index in [-0.39, 0.29) is 0 Å². The molecule has 90 valence electrons. The molecule has 2 nitrogen and oxygen atoms in total. The first-order valence-electron chi connectivity index (χ1n) is 6.01. The van der Waals surface area contributed by atoms with Gasteiger partial charge >= 0.3 is 0 Å². The van der Waals surface area contributed by atoms with Gasteiger partial charge in [-0.15, -0.1) is 11.3 Å². The van der Waals surface area contributed by atoms with Crippen LogP contribution in [-0.2, 0) is 6.54 Å². The summed E-state index contributed by atoms with van der Waals surface area (Å²) >= 11 is 1.73. The predicted octanol–water partition coefficient (Wildman–Crippen LogP) is 3.62. The number of benzene rings is 1. The molecule has 0 bridgehead atoms. The highest BCUT2D eigenvalue weighted by Gasteiger charge is 2.03. The molecular formula is C14H18N2S. The Morgan fingerprint density at radius 2 is 2.00 bits per heavy atom. The van der Waals surface area contributed by atoms with Gasteiger partial charge in [-0.3, -0.25) is 0 Å². The first-order valence-corrected chi connectivity index (χ1v) is 6.89. The summed E-state index contributed by atoms with van der Waals surface area (Å²) in [6.45, 7) is 6.21. The first kappa shape index (κ1) is 12.3. The summed E-state index contributed by atoms with van der Waals surface area (Å²) in [5.74, 6) is 0. The van der Waals surface area contributed by atoms with Crippen LogP contribution in [0.1, 0.15) is 23.9 Å². The second-order valence-corrected chi connectivity index (χ2v) is 5.11. The quantitative estimate of drug-likeness (QED) is 0.815. The summed E-state index contributed by atoms with van der Waals surface area (Å²) in [7, 11) is 0. The van der Waals surface area contributed by atoms with Crippen LogP contribution in [0.2, 0.25) is 0 Å². The van der Waals surface area contributed by atoms with Crippen molar-refractivity contribution in [2.24, 2.45) is 0 Å². The molecule has 2 aromatic rings. The van der Waals surface area contributed by atoms with Crippen molar-refractivity contribution < 1.29 is 0 Å². The maximum Gasteiger partial charge on any atom is 0.107 e. The van der Waals surface area contributed by atoms with E-state index < -0.39 is 0 Å². The third-order valence-electron chi connectivity index (χ3n) is 2.60. The molecule has 0 aliphatic heterocycles. The molecule has 1 heterocycles. The summed E-state index contributed by atoms with van der Waals surface area (Å²) < 4.78 is 0. The molecule has 17 heavy (non-hydrogen) atoms. The van der Waals surface area contributed by atoms with Crippen LogP contribution >= 0.6 is 11.3 Å². The Hall–Kier alpha value is -1.19. The molecule has 0 aliphatic carbocycles. The van der Waals surface area contributed by atoms with Crippen LogP contribution in [0, 0.1) is 6.92 Å². The van der Waals surface area contributed by atoms with Crippen LogP contribution in [-0.4, -0.2) is 11.5 Å². The van der Waals surface area contributed by atoms with Crippen LogP contribution in [0.25, 0.3) is 11.3 Å². The Kier molecular flexibility index (Phi) is 4.29. The van der Waals surface area contributed by atoms with Gasteiger partial charge in [0.2, 0.25) is 0 Å². The molecule has 0 atom stereocenters. The van der Waals surface area contributed by atoms with Crippen LogP contribution in [0.4, 0.5) is 0 Å². The average molecular weight is 246 g/mol.